The molecule has 2 N–H and O–H groups in total. The molecule has 1 aliphatic rings. The van der Waals surface area contributed by atoms with Gasteiger partial charge in [-0.05, 0) is 35.9 Å². The van der Waals surface area contributed by atoms with Gasteiger partial charge in [-0.1, -0.05) is 36.4 Å². The average molecular weight is 360 g/mol. The van der Waals surface area contributed by atoms with E-state index in [1.165, 1.54) is 0 Å². The summed E-state index contributed by atoms with van der Waals surface area (Å²) >= 11 is 0. The zero-order valence-corrected chi connectivity index (χ0v) is 15.0. The first-order chi connectivity index (χ1) is 12.9. The van der Waals surface area contributed by atoms with Gasteiger partial charge in [0.05, 0.1) is 17.7 Å². The number of likely N-dealkylation sites (tertiary alicyclic amines) is 1. The maximum atomic E-state index is 12.2. The highest BCUT2D eigenvalue weighted by Gasteiger charge is 2.46. The molecule has 1 aliphatic heterocycles. The van der Waals surface area contributed by atoms with E-state index in [1.54, 1.807) is 12.1 Å². The molecule has 0 aliphatic carbocycles. The maximum absolute atomic E-state index is 12.2. The minimum atomic E-state index is -1.40. The third-order valence-electron chi connectivity index (χ3n) is 4.69. The third-order valence-corrected chi connectivity index (χ3v) is 4.69. The molecular weight excluding hydrogens is 340 g/mol. The van der Waals surface area contributed by atoms with Crippen LogP contribution in [0.4, 0.5) is 0 Å². The van der Waals surface area contributed by atoms with Crippen molar-refractivity contribution >= 4 is 5.91 Å². The Kier molecular flexibility index (Phi) is 5.23. The smallest absolute Gasteiger partial charge is 0.255 e. The highest BCUT2D eigenvalue weighted by atomic mass is 16.3. The Bertz CT molecular complexity index is 901. The fourth-order valence-corrected chi connectivity index (χ4v) is 3.22. The molecule has 0 aromatic heterocycles. The van der Waals surface area contributed by atoms with E-state index in [1.807, 2.05) is 48.3 Å². The SMILES string of the molecule is CN1CC(O)(C(=O)NC(C#N)Cc2ccc(-c3ccc(C#N)cc3)cc2)C1. The number of likely N-dealkylation sites (N-methyl/N-ethyl adjacent to an activating group) is 1. The Balaban J connectivity index is 1.63. The van der Waals surface area contributed by atoms with Gasteiger partial charge in [0, 0.05) is 19.5 Å². The Labute approximate surface area is 158 Å². The van der Waals surface area contributed by atoms with E-state index in [-0.39, 0.29) is 13.1 Å². The molecule has 1 heterocycles. The summed E-state index contributed by atoms with van der Waals surface area (Å²) in [5.74, 6) is -0.499. The van der Waals surface area contributed by atoms with Gasteiger partial charge in [0.25, 0.3) is 5.91 Å². The van der Waals surface area contributed by atoms with E-state index < -0.39 is 17.6 Å². The van der Waals surface area contributed by atoms with Crippen molar-refractivity contribution in [2.45, 2.75) is 18.1 Å². The summed E-state index contributed by atoms with van der Waals surface area (Å²) < 4.78 is 0. The minimum absolute atomic E-state index is 0.274. The van der Waals surface area contributed by atoms with Crippen LogP contribution in [0.15, 0.2) is 48.5 Å². The van der Waals surface area contributed by atoms with Crippen molar-refractivity contribution < 1.29 is 9.90 Å². The largest absolute Gasteiger partial charge is 0.377 e. The quantitative estimate of drug-likeness (QED) is 0.841. The maximum Gasteiger partial charge on any atom is 0.255 e. The molecule has 0 radical (unpaired) electrons. The predicted molar refractivity (Wildman–Crippen MR) is 100 cm³/mol. The summed E-state index contributed by atoms with van der Waals surface area (Å²) in [6.07, 6.45) is 0.363. The molecule has 2 aromatic carbocycles. The summed E-state index contributed by atoms with van der Waals surface area (Å²) in [5.41, 5.74) is 2.14. The Hall–Kier alpha value is -3.19. The normalized spacial score (nSPS) is 16.4. The van der Waals surface area contributed by atoms with Crippen molar-refractivity contribution in [2.75, 3.05) is 20.1 Å². The van der Waals surface area contributed by atoms with Gasteiger partial charge in [0.15, 0.2) is 5.60 Å². The first-order valence-corrected chi connectivity index (χ1v) is 8.64. The highest BCUT2D eigenvalue weighted by Crippen LogP contribution is 2.21. The molecule has 1 unspecified atom stereocenters. The number of aliphatic hydroxyl groups is 1. The molecule has 6 heteroatoms. The average Bonchev–Trinajstić information content (AvgIpc) is 2.67. The van der Waals surface area contributed by atoms with Gasteiger partial charge in [-0.25, -0.2) is 0 Å². The molecule has 1 saturated heterocycles. The van der Waals surface area contributed by atoms with Crippen molar-refractivity contribution in [3.63, 3.8) is 0 Å². The molecular formula is C21H20N4O2. The number of rotatable bonds is 5. The Morgan fingerprint density at radius 3 is 2.19 bits per heavy atom. The fraction of sp³-hybridized carbons (Fsp3) is 0.286. The predicted octanol–water partition coefficient (Wildman–Crippen LogP) is 1.45. The molecule has 1 fully saturated rings. The lowest BCUT2D eigenvalue weighted by molar-refractivity contribution is -0.157. The van der Waals surface area contributed by atoms with Crippen molar-refractivity contribution in [1.29, 1.82) is 10.5 Å². The lowest BCUT2D eigenvalue weighted by Gasteiger charge is -2.43. The van der Waals surface area contributed by atoms with Crippen LogP contribution in [0.5, 0.6) is 0 Å². The third kappa shape index (κ3) is 4.15. The van der Waals surface area contributed by atoms with Crippen molar-refractivity contribution in [3.8, 4) is 23.3 Å². The van der Waals surface area contributed by atoms with Crippen LogP contribution in [0.1, 0.15) is 11.1 Å². The molecule has 136 valence electrons. The van der Waals surface area contributed by atoms with Crippen LogP contribution in [0.2, 0.25) is 0 Å². The first kappa shape index (κ1) is 18.6. The second-order valence-electron chi connectivity index (χ2n) is 6.95. The number of hydrogen-bond acceptors (Lipinski definition) is 5. The number of nitrogens with one attached hydrogen (secondary N) is 1. The van der Waals surface area contributed by atoms with E-state index in [2.05, 4.69) is 17.5 Å². The fourth-order valence-electron chi connectivity index (χ4n) is 3.22. The van der Waals surface area contributed by atoms with Gasteiger partial charge < -0.3 is 10.4 Å². The summed E-state index contributed by atoms with van der Waals surface area (Å²) in [5, 5.41) is 31.0. The topological polar surface area (TPSA) is 100 Å². The van der Waals surface area contributed by atoms with Gasteiger partial charge in [0.2, 0.25) is 0 Å². The zero-order valence-electron chi connectivity index (χ0n) is 15.0. The van der Waals surface area contributed by atoms with E-state index in [0.29, 0.717) is 12.0 Å². The van der Waals surface area contributed by atoms with E-state index in [9.17, 15) is 15.2 Å². The lowest BCUT2D eigenvalue weighted by Crippen LogP contribution is -2.68. The van der Waals surface area contributed by atoms with E-state index in [4.69, 9.17) is 5.26 Å². The molecule has 0 bridgehead atoms. The number of benzene rings is 2. The Morgan fingerprint density at radius 1 is 1.15 bits per heavy atom. The standard InChI is InChI=1S/C21H20N4O2/c1-25-13-21(27,14-25)20(26)24-19(12-23)10-15-2-6-17(7-3-15)18-8-4-16(11-22)5-9-18/h2-9,19,27H,10,13-14H2,1H3,(H,24,26). The number of hydrogen-bond donors (Lipinski definition) is 2. The van der Waals surface area contributed by atoms with Crippen LogP contribution in [0.25, 0.3) is 11.1 Å². The first-order valence-electron chi connectivity index (χ1n) is 8.64. The van der Waals surface area contributed by atoms with Gasteiger partial charge in [-0.2, -0.15) is 10.5 Å². The highest BCUT2D eigenvalue weighted by molar-refractivity contribution is 5.87. The number of nitriles is 2. The van der Waals surface area contributed by atoms with E-state index >= 15 is 0 Å². The van der Waals surface area contributed by atoms with Crippen LogP contribution < -0.4 is 5.32 Å². The molecule has 2 aromatic rings. The molecule has 0 saturated carbocycles. The van der Waals surface area contributed by atoms with Crippen molar-refractivity contribution in [3.05, 3.63) is 59.7 Å². The molecule has 6 nitrogen and oxygen atoms in total. The number of carbonyl (C=O) groups excluding carboxylic acids is 1. The molecule has 27 heavy (non-hydrogen) atoms. The second kappa shape index (κ2) is 7.59. The van der Waals surface area contributed by atoms with E-state index in [0.717, 1.165) is 16.7 Å². The van der Waals surface area contributed by atoms with Gasteiger partial charge in [0.1, 0.15) is 6.04 Å². The monoisotopic (exact) mass is 360 g/mol. The summed E-state index contributed by atoms with van der Waals surface area (Å²) in [7, 11) is 1.82. The number of β-amino-alcohol motifs (C(OH)–C–C–N with tert-alkyl or cyclic N) is 1. The van der Waals surface area contributed by atoms with Crippen LogP contribution in [0.3, 0.4) is 0 Å². The molecule has 1 atom stereocenters. The Morgan fingerprint density at radius 2 is 1.70 bits per heavy atom. The molecule has 3 rings (SSSR count). The van der Waals surface area contributed by atoms with Crippen molar-refractivity contribution in [2.24, 2.45) is 0 Å². The minimum Gasteiger partial charge on any atom is -0.377 e. The van der Waals surface area contributed by atoms with Crippen LogP contribution in [0, 0.1) is 22.7 Å². The zero-order chi connectivity index (χ0) is 19.4. The summed E-state index contributed by atoms with van der Waals surface area (Å²) in [4.78, 5) is 14.0. The van der Waals surface area contributed by atoms with Crippen molar-refractivity contribution in [1.82, 2.24) is 10.2 Å². The number of amides is 1. The number of carbonyl (C=O) groups is 1. The molecule has 1 amide bonds. The van der Waals surface area contributed by atoms with Crippen LogP contribution in [-0.2, 0) is 11.2 Å². The molecule has 0 spiro atoms. The van der Waals surface area contributed by atoms with Crippen LogP contribution >= 0.6 is 0 Å². The van der Waals surface area contributed by atoms with Gasteiger partial charge >= 0.3 is 0 Å². The van der Waals surface area contributed by atoms with Gasteiger partial charge in [-0.3, -0.25) is 9.69 Å². The number of nitrogens with zero attached hydrogens (tertiary/aromatic N) is 3. The lowest BCUT2D eigenvalue weighted by atomic mass is 9.93. The van der Waals surface area contributed by atoms with Gasteiger partial charge in [-0.15, -0.1) is 0 Å². The summed E-state index contributed by atoms with van der Waals surface area (Å²) in [6, 6.07) is 18.5. The van der Waals surface area contributed by atoms with Crippen LogP contribution in [-0.4, -0.2) is 47.7 Å². The second-order valence-corrected chi connectivity index (χ2v) is 6.95. The summed E-state index contributed by atoms with van der Waals surface area (Å²) in [6.45, 7) is 0.548.